The first-order valence-electron chi connectivity index (χ1n) is 4.88. The van der Waals surface area contributed by atoms with Gasteiger partial charge >= 0.3 is 0 Å². The molecular weight excluding hydrogens is 180 g/mol. The van der Waals surface area contributed by atoms with Crippen LogP contribution in [-0.2, 0) is 0 Å². The minimum Gasteiger partial charge on any atom is -0.393 e. The molecule has 0 aliphatic heterocycles. The second-order valence-corrected chi connectivity index (χ2v) is 4.74. The van der Waals surface area contributed by atoms with Gasteiger partial charge in [0.15, 0.2) is 0 Å². The summed E-state index contributed by atoms with van der Waals surface area (Å²) in [6.07, 6.45) is 2.24. The fraction of sp³-hybridized carbons (Fsp3) is 0.900. The third-order valence-corrected chi connectivity index (χ3v) is 2.94. The zero-order valence-corrected chi connectivity index (χ0v) is 10.1. The van der Waals surface area contributed by atoms with Crippen molar-refractivity contribution in [3.63, 3.8) is 0 Å². The van der Waals surface area contributed by atoms with Gasteiger partial charge < -0.3 is 10.6 Å². The molecule has 0 aliphatic rings. The van der Waals surface area contributed by atoms with E-state index in [9.17, 15) is 0 Å². The summed E-state index contributed by atoms with van der Waals surface area (Å²) in [4.78, 5) is 2.94. The Balaban J connectivity index is 3.80. The van der Waals surface area contributed by atoms with Crippen LogP contribution in [0.15, 0.2) is 0 Å². The number of nitrogens with two attached hydrogens (primary N) is 1. The van der Waals surface area contributed by atoms with Gasteiger partial charge in [0.1, 0.15) is 0 Å². The van der Waals surface area contributed by atoms with Crippen LogP contribution in [-0.4, -0.2) is 30.0 Å². The quantitative estimate of drug-likeness (QED) is 0.668. The van der Waals surface area contributed by atoms with Crippen molar-refractivity contribution in [2.75, 3.05) is 20.1 Å². The monoisotopic (exact) mass is 202 g/mol. The summed E-state index contributed by atoms with van der Waals surface area (Å²) in [6, 6.07) is 0. The van der Waals surface area contributed by atoms with E-state index in [1.54, 1.807) is 0 Å². The van der Waals surface area contributed by atoms with E-state index in [2.05, 4.69) is 32.7 Å². The van der Waals surface area contributed by atoms with E-state index in [0.29, 0.717) is 4.99 Å². The van der Waals surface area contributed by atoms with Crippen LogP contribution >= 0.6 is 12.2 Å². The molecule has 0 saturated carbocycles. The first-order chi connectivity index (χ1) is 5.90. The molecule has 0 unspecified atom stereocenters. The lowest BCUT2D eigenvalue weighted by molar-refractivity contribution is 0.293. The third-order valence-electron chi connectivity index (χ3n) is 2.39. The molecule has 0 aromatic rings. The van der Waals surface area contributed by atoms with E-state index in [0.717, 1.165) is 19.5 Å². The van der Waals surface area contributed by atoms with Gasteiger partial charge in [-0.15, -0.1) is 0 Å². The van der Waals surface area contributed by atoms with Gasteiger partial charge in [-0.1, -0.05) is 33.0 Å². The molecule has 0 fully saturated rings. The first-order valence-corrected chi connectivity index (χ1v) is 5.29. The van der Waals surface area contributed by atoms with Crippen molar-refractivity contribution in [1.82, 2.24) is 4.90 Å². The largest absolute Gasteiger partial charge is 0.393 e. The Morgan fingerprint density at radius 1 is 1.38 bits per heavy atom. The fourth-order valence-corrected chi connectivity index (χ4v) is 1.19. The molecular formula is C10H22N2S. The summed E-state index contributed by atoms with van der Waals surface area (Å²) in [7, 11) is 2.14. The van der Waals surface area contributed by atoms with Crippen molar-refractivity contribution in [2.45, 2.75) is 33.6 Å². The highest BCUT2D eigenvalue weighted by Crippen LogP contribution is 2.20. The van der Waals surface area contributed by atoms with Crippen LogP contribution in [0.4, 0.5) is 0 Å². The molecule has 2 nitrogen and oxygen atoms in total. The Labute approximate surface area is 87.5 Å². The molecule has 0 heterocycles. The van der Waals surface area contributed by atoms with Gasteiger partial charge in [-0.25, -0.2) is 0 Å². The van der Waals surface area contributed by atoms with Crippen LogP contribution in [0.25, 0.3) is 0 Å². The molecule has 2 N–H and O–H groups in total. The molecule has 0 atom stereocenters. The highest BCUT2D eigenvalue weighted by molar-refractivity contribution is 7.80. The Morgan fingerprint density at radius 2 is 1.92 bits per heavy atom. The minimum atomic E-state index is -0.00264. The lowest BCUT2D eigenvalue weighted by atomic mass is 9.89. The van der Waals surface area contributed by atoms with E-state index >= 15 is 0 Å². The number of nitrogens with zero attached hydrogens (tertiary/aromatic N) is 1. The molecule has 0 aromatic heterocycles. The van der Waals surface area contributed by atoms with Crippen LogP contribution in [0.5, 0.6) is 0 Å². The molecule has 13 heavy (non-hydrogen) atoms. The smallest absolute Gasteiger partial charge is 0.0784 e. The lowest BCUT2D eigenvalue weighted by Gasteiger charge is -2.26. The Hall–Kier alpha value is -0.150. The SMILES string of the molecule is CCCN(C)CCC(C)(C)C(N)=S. The van der Waals surface area contributed by atoms with E-state index < -0.39 is 0 Å². The maximum Gasteiger partial charge on any atom is 0.0784 e. The summed E-state index contributed by atoms with van der Waals surface area (Å²) in [6.45, 7) is 8.62. The summed E-state index contributed by atoms with van der Waals surface area (Å²) in [5.74, 6) is 0. The molecule has 0 spiro atoms. The Kier molecular flexibility index (Phi) is 5.49. The Bertz CT molecular complexity index is 166. The van der Waals surface area contributed by atoms with Crippen LogP contribution in [0, 0.1) is 5.41 Å². The van der Waals surface area contributed by atoms with Crippen molar-refractivity contribution in [3.05, 3.63) is 0 Å². The predicted octanol–water partition coefficient (Wildman–Crippen LogP) is 2.03. The van der Waals surface area contributed by atoms with Crippen molar-refractivity contribution in [1.29, 1.82) is 0 Å². The average molecular weight is 202 g/mol. The second-order valence-electron chi connectivity index (χ2n) is 4.30. The number of hydrogen-bond acceptors (Lipinski definition) is 2. The molecule has 3 heteroatoms. The van der Waals surface area contributed by atoms with Crippen molar-refractivity contribution >= 4 is 17.2 Å². The molecule has 78 valence electrons. The van der Waals surface area contributed by atoms with Crippen LogP contribution < -0.4 is 5.73 Å². The average Bonchev–Trinajstić information content (AvgIpc) is 2.01. The number of rotatable bonds is 6. The highest BCUT2D eigenvalue weighted by atomic mass is 32.1. The summed E-state index contributed by atoms with van der Waals surface area (Å²) < 4.78 is 0. The summed E-state index contributed by atoms with van der Waals surface area (Å²) >= 11 is 5.01. The summed E-state index contributed by atoms with van der Waals surface area (Å²) in [5, 5.41) is 0. The van der Waals surface area contributed by atoms with Gasteiger partial charge in [0.25, 0.3) is 0 Å². The van der Waals surface area contributed by atoms with Gasteiger partial charge in [0.2, 0.25) is 0 Å². The number of hydrogen-bond donors (Lipinski definition) is 1. The zero-order chi connectivity index (χ0) is 10.5. The van der Waals surface area contributed by atoms with Crippen molar-refractivity contribution in [2.24, 2.45) is 11.1 Å². The third kappa shape index (κ3) is 5.21. The van der Waals surface area contributed by atoms with Crippen molar-refractivity contribution in [3.8, 4) is 0 Å². The van der Waals surface area contributed by atoms with Crippen LogP contribution in [0.2, 0.25) is 0 Å². The zero-order valence-electron chi connectivity index (χ0n) is 9.26. The molecule has 0 rings (SSSR count). The molecule has 0 aliphatic carbocycles. The molecule has 0 bridgehead atoms. The van der Waals surface area contributed by atoms with E-state index in [1.807, 2.05) is 0 Å². The first kappa shape index (κ1) is 12.8. The molecule has 0 aromatic carbocycles. The topological polar surface area (TPSA) is 29.3 Å². The van der Waals surface area contributed by atoms with Gasteiger partial charge in [-0.3, -0.25) is 0 Å². The lowest BCUT2D eigenvalue weighted by Crippen LogP contribution is -2.34. The van der Waals surface area contributed by atoms with E-state index in [-0.39, 0.29) is 5.41 Å². The van der Waals surface area contributed by atoms with Crippen LogP contribution in [0.3, 0.4) is 0 Å². The molecule has 0 saturated heterocycles. The van der Waals surface area contributed by atoms with Gasteiger partial charge in [0, 0.05) is 5.41 Å². The minimum absolute atomic E-state index is 0.00264. The fourth-order valence-electron chi connectivity index (χ4n) is 1.09. The maximum absolute atomic E-state index is 5.64. The van der Waals surface area contributed by atoms with Gasteiger partial charge in [-0.2, -0.15) is 0 Å². The normalized spacial score (nSPS) is 12.1. The maximum atomic E-state index is 5.64. The molecule has 0 radical (unpaired) electrons. The highest BCUT2D eigenvalue weighted by Gasteiger charge is 2.21. The summed E-state index contributed by atoms with van der Waals surface area (Å²) in [5.41, 5.74) is 5.64. The second kappa shape index (κ2) is 5.55. The van der Waals surface area contributed by atoms with Crippen molar-refractivity contribution < 1.29 is 0 Å². The Morgan fingerprint density at radius 3 is 2.31 bits per heavy atom. The van der Waals surface area contributed by atoms with Gasteiger partial charge in [0.05, 0.1) is 4.99 Å². The molecule has 0 amide bonds. The van der Waals surface area contributed by atoms with E-state index in [4.69, 9.17) is 18.0 Å². The van der Waals surface area contributed by atoms with Crippen LogP contribution in [0.1, 0.15) is 33.6 Å². The number of thiocarbonyl (C=S) groups is 1. The predicted molar refractivity (Wildman–Crippen MR) is 63.0 cm³/mol. The van der Waals surface area contributed by atoms with E-state index in [1.165, 1.54) is 6.42 Å². The van der Waals surface area contributed by atoms with Gasteiger partial charge in [-0.05, 0) is 33.0 Å². The standard InChI is InChI=1S/C10H22N2S/c1-5-7-12(4)8-6-10(2,3)9(11)13/h5-8H2,1-4H3,(H2,11,13).